The van der Waals surface area contributed by atoms with Crippen LogP contribution in [-0.4, -0.2) is 49.0 Å². The van der Waals surface area contributed by atoms with Gasteiger partial charge in [-0.25, -0.2) is 5.06 Å². The number of amides is 2. The Morgan fingerprint density at radius 1 is 1.47 bits per heavy atom. The lowest BCUT2D eigenvalue weighted by molar-refractivity contribution is -0.171. The highest BCUT2D eigenvalue weighted by molar-refractivity contribution is 5.84. The molecule has 0 aliphatic carbocycles. The minimum Gasteiger partial charge on any atom is -0.333 e. The highest BCUT2D eigenvalue weighted by Gasteiger charge is 2.20. The predicted octanol–water partition coefficient (Wildman–Crippen LogP) is 0.409. The van der Waals surface area contributed by atoms with Crippen molar-refractivity contribution in [3.63, 3.8) is 0 Å². The Morgan fingerprint density at radius 3 is 2.87 bits per heavy atom. The third kappa shape index (κ3) is 3.51. The summed E-state index contributed by atoms with van der Waals surface area (Å²) in [5.41, 5.74) is 0. The van der Waals surface area contributed by atoms with Gasteiger partial charge in [0.2, 0.25) is 5.91 Å². The molecule has 1 aliphatic rings. The van der Waals surface area contributed by atoms with Crippen molar-refractivity contribution in [3.8, 4) is 0 Å². The summed E-state index contributed by atoms with van der Waals surface area (Å²) in [5.74, 6) is -0.113. The van der Waals surface area contributed by atoms with E-state index in [-0.39, 0.29) is 18.4 Å². The molecule has 2 amide bonds. The monoisotopic (exact) mass is 214 g/mol. The van der Waals surface area contributed by atoms with Crippen molar-refractivity contribution in [2.75, 3.05) is 27.2 Å². The molecular formula is C10H18N2O3. The fourth-order valence-corrected chi connectivity index (χ4v) is 1.57. The molecule has 0 saturated carbocycles. The minimum atomic E-state index is -0.187. The van der Waals surface area contributed by atoms with E-state index in [4.69, 9.17) is 4.84 Å². The van der Waals surface area contributed by atoms with Crippen LogP contribution in [0.25, 0.3) is 0 Å². The molecular weight excluding hydrogens is 196 g/mol. The summed E-state index contributed by atoms with van der Waals surface area (Å²) in [6, 6.07) is 0. The van der Waals surface area contributed by atoms with Crippen molar-refractivity contribution < 1.29 is 14.4 Å². The van der Waals surface area contributed by atoms with Crippen molar-refractivity contribution in [1.82, 2.24) is 9.96 Å². The minimum absolute atomic E-state index is 0.0744. The number of rotatable bonds is 3. The molecule has 0 aromatic heterocycles. The van der Waals surface area contributed by atoms with Gasteiger partial charge in [-0.3, -0.25) is 14.4 Å². The topological polar surface area (TPSA) is 49.9 Å². The first-order chi connectivity index (χ1) is 7.15. The van der Waals surface area contributed by atoms with Crippen LogP contribution in [0.4, 0.5) is 0 Å². The Hall–Kier alpha value is -1.10. The molecule has 0 spiro atoms. The molecule has 1 saturated heterocycles. The molecule has 86 valence electrons. The number of carbonyl (C=O) groups excluding carboxylic acids is 2. The molecule has 0 unspecified atom stereocenters. The summed E-state index contributed by atoms with van der Waals surface area (Å²) in [4.78, 5) is 29.5. The van der Waals surface area contributed by atoms with Crippen LogP contribution in [0, 0.1) is 0 Å². The molecule has 0 aromatic rings. The van der Waals surface area contributed by atoms with Gasteiger partial charge in [-0.05, 0) is 12.8 Å². The molecule has 5 heteroatoms. The Morgan fingerprint density at radius 2 is 2.20 bits per heavy atom. The normalized spacial score (nSPS) is 17.5. The number of nitrogens with zero attached hydrogens (tertiary/aromatic N) is 2. The zero-order valence-electron chi connectivity index (χ0n) is 9.36. The highest BCUT2D eigenvalue weighted by Crippen LogP contribution is 2.10. The highest BCUT2D eigenvalue weighted by atomic mass is 16.7. The molecule has 5 nitrogen and oxygen atoms in total. The molecule has 0 radical (unpaired) electrons. The number of carbonyl (C=O) groups is 2. The van der Waals surface area contributed by atoms with Gasteiger partial charge in [-0.15, -0.1) is 0 Å². The van der Waals surface area contributed by atoms with E-state index in [9.17, 15) is 9.59 Å². The largest absolute Gasteiger partial charge is 0.333 e. The second-order valence-electron chi connectivity index (χ2n) is 3.70. The van der Waals surface area contributed by atoms with Crippen LogP contribution in [-0.2, 0) is 14.4 Å². The standard InChI is InChI=1S/C10H18N2O3/c1-11(15-2)10(14)8-12-7-5-3-4-6-9(12)13/h3-8H2,1-2H3. The van der Waals surface area contributed by atoms with E-state index in [1.807, 2.05) is 0 Å². The van der Waals surface area contributed by atoms with Gasteiger partial charge < -0.3 is 4.90 Å². The lowest BCUT2D eigenvalue weighted by Crippen LogP contribution is -2.40. The fourth-order valence-electron chi connectivity index (χ4n) is 1.57. The first kappa shape index (κ1) is 12.0. The van der Waals surface area contributed by atoms with Crippen LogP contribution in [0.3, 0.4) is 0 Å². The van der Waals surface area contributed by atoms with Crippen LogP contribution >= 0.6 is 0 Å². The van der Waals surface area contributed by atoms with E-state index in [2.05, 4.69) is 0 Å². The Kier molecular flexibility index (Phi) is 4.55. The van der Waals surface area contributed by atoms with Gasteiger partial charge in [0.05, 0.1) is 7.11 Å². The zero-order chi connectivity index (χ0) is 11.3. The second-order valence-corrected chi connectivity index (χ2v) is 3.70. The zero-order valence-corrected chi connectivity index (χ0v) is 9.36. The van der Waals surface area contributed by atoms with Crippen molar-refractivity contribution in [3.05, 3.63) is 0 Å². The average Bonchev–Trinajstić information content (AvgIpc) is 2.43. The molecule has 1 fully saturated rings. The van der Waals surface area contributed by atoms with E-state index in [0.29, 0.717) is 13.0 Å². The molecule has 0 atom stereocenters. The lowest BCUT2D eigenvalue weighted by Gasteiger charge is -2.22. The van der Waals surface area contributed by atoms with Crippen LogP contribution in [0.5, 0.6) is 0 Å². The van der Waals surface area contributed by atoms with Crippen molar-refractivity contribution in [2.24, 2.45) is 0 Å². The van der Waals surface area contributed by atoms with E-state index in [0.717, 1.165) is 24.3 Å². The maximum Gasteiger partial charge on any atom is 0.265 e. The van der Waals surface area contributed by atoms with E-state index in [1.165, 1.54) is 7.11 Å². The second kappa shape index (κ2) is 5.70. The molecule has 1 aliphatic heterocycles. The van der Waals surface area contributed by atoms with Gasteiger partial charge in [-0.2, -0.15) is 0 Å². The maximum absolute atomic E-state index is 11.6. The van der Waals surface area contributed by atoms with Crippen molar-refractivity contribution in [1.29, 1.82) is 0 Å². The van der Waals surface area contributed by atoms with Gasteiger partial charge in [0, 0.05) is 20.0 Å². The van der Waals surface area contributed by atoms with Gasteiger partial charge in [0.15, 0.2) is 0 Å². The van der Waals surface area contributed by atoms with Crippen LogP contribution in [0.15, 0.2) is 0 Å². The maximum atomic E-state index is 11.6. The van der Waals surface area contributed by atoms with Crippen molar-refractivity contribution >= 4 is 11.8 Å². The smallest absolute Gasteiger partial charge is 0.265 e. The van der Waals surface area contributed by atoms with Crippen LogP contribution in [0.1, 0.15) is 25.7 Å². The Labute approximate surface area is 89.9 Å². The molecule has 0 bridgehead atoms. The third-order valence-electron chi connectivity index (χ3n) is 2.62. The summed E-state index contributed by atoms with van der Waals surface area (Å²) in [6.45, 7) is 0.811. The Bertz CT molecular complexity index is 243. The predicted molar refractivity (Wildman–Crippen MR) is 54.8 cm³/mol. The first-order valence-corrected chi connectivity index (χ1v) is 5.23. The summed E-state index contributed by atoms with van der Waals surface area (Å²) in [7, 11) is 2.98. The van der Waals surface area contributed by atoms with Gasteiger partial charge in [0.25, 0.3) is 5.91 Å². The molecule has 0 N–H and O–H groups in total. The van der Waals surface area contributed by atoms with E-state index in [1.54, 1.807) is 11.9 Å². The average molecular weight is 214 g/mol. The number of hydrogen-bond donors (Lipinski definition) is 0. The summed E-state index contributed by atoms with van der Waals surface area (Å²) >= 11 is 0. The van der Waals surface area contributed by atoms with Crippen LogP contribution in [0.2, 0.25) is 0 Å². The van der Waals surface area contributed by atoms with E-state index >= 15 is 0 Å². The summed E-state index contributed by atoms with van der Waals surface area (Å²) in [6.07, 6.45) is 3.54. The molecule has 1 rings (SSSR count). The van der Waals surface area contributed by atoms with E-state index < -0.39 is 0 Å². The van der Waals surface area contributed by atoms with Gasteiger partial charge in [0.1, 0.15) is 6.54 Å². The molecule has 1 heterocycles. The fraction of sp³-hybridized carbons (Fsp3) is 0.800. The molecule has 15 heavy (non-hydrogen) atoms. The quantitative estimate of drug-likeness (QED) is 0.639. The Balaban J connectivity index is 2.47. The van der Waals surface area contributed by atoms with Gasteiger partial charge in [-0.1, -0.05) is 6.42 Å². The first-order valence-electron chi connectivity index (χ1n) is 5.23. The number of likely N-dealkylation sites (tertiary alicyclic amines) is 1. The lowest BCUT2D eigenvalue weighted by atomic mass is 10.2. The van der Waals surface area contributed by atoms with Crippen molar-refractivity contribution in [2.45, 2.75) is 25.7 Å². The summed E-state index contributed by atoms with van der Waals surface area (Å²) < 4.78 is 0. The SMILES string of the molecule is CON(C)C(=O)CN1CCCCCC1=O. The number of hydrogen-bond acceptors (Lipinski definition) is 3. The molecule has 0 aromatic carbocycles. The summed E-state index contributed by atoms with van der Waals surface area (Å²) in [5, 5.41) is 1.15. The third-order valence-corrected chi connectivity index (χ3v) is 2.62. The van der Waals surface area contributed by atoms with Gasteiger partial charge >= 0.3 is 0 Å². The number of likely N-dealkylation sites (N-methyl/N-ethyl adjacent to an activating group) is 1. The number of hydroxylamine groups is 2. The van der Waals surface area contributed by atoms with Crippen LogP contribution < -0.4 is 0 Å².